The fourth-order valence-electron chi connectivity index (χ4n) is 4.05. The van der Waals surface area contributed by atoms with E-state index in [1.807, 2.05) is 60.4 Å². The zero-order valence-electron chi connectivity index (χ0n) is 17.5. The summed E-state index contributed by atoms with van der Waals surface area (Å²) in [7, 11) is 0. The normalized spacial score (nSPS) is 15.3. The number of ether oxygens (including phenoxy) is 1. The molecule has 0 aliphatic carbocycles. The van der Waals surface area contributed by atoms with Gasteiger partial charge in [-0.05, 0) is 42.5 Å². The Morgan fingerprint density at radius 3 is 2.53 bits per heavy atom. The Labute approximate surface area is 183 Å². The fourth-order valence-corrected chi connectivity index (χ4v) is 4.22. The minimum atomic E-state index is -0.477. The summed E-state index contributed by atoms with van der Waals surface area (Å²) in [6.45, 7) is 7.03. The van der Waals surface area contributed by atoms with Gasteiger partial charge in [-0.1, -0.05) is 61.0 Å². The van der Waals surface area contributed by atoms with Crippen LogP contribution < -0.4 is 9.64 Å². The Hall–Kier alpha value is -2.72. The van der Waals surface area contributed by atoms with Gasteiger partial charge in [0.15, 0.2) is 6.10 Å². The molecule has 5 heteroatoms. The van der Waals surface area contributed by atoms with Gasteiger partial charge < -0.3 is 14.5 Å². The summed E-state index contributed by atoms with van der Waals surface area (Å²) in [5.74, 6) is 0.828. The lowest BCUT2D eigenvalue weighted by Gasteiger charge is -2.38. The van der Waals surface area contributed by atoms with E-state index in [2.05, 4.69) is 24.0 Å². The predicted molar refractivity (Wildman–Crippen MR) is 124 cm³/mol. The van der Waals surface area contributed by atoms with Gasteiger partial charge in [-0.2, -0.15) is 0 Å². The SMILES string of the molecule is CC[C@H](Oc1cccc2ccccc12)C(=O)N1CCN(c2cc(Cl)ccc2C)CC1. The van der Waals surface area contributed by atoms with Crippen LogP contribution in [0.25, 0.3) is 10.8 Å². The molecule has 4 nitrogen and oxygen atoms in total. The Kier molecular flexibility index (Phi) is 6.14. The summed E-state index contributed by atoms with van der Waals surface area (Å²) in [6.07, 6.45) is 0.158. The number of rotatable bonds is 5. The molecule has 0 unspecified atom stereocenters. The van der Waals surface area contributed by atoms with E-state index in [-0.39, 0.29) is 5.91 Å². The first-order valence-electron chi connectivity index (χ1n) is 10.5. The van der Waals surface area contributed by atoms with E-state index in [1.54, 1.807) is 0 Å². The molecule has 0 aromatic heterocycles. The molecule has 0 N–H and O–H groups in total. The second kappa shape index (κ2) is 8.97. The molecule has 1 saturated heterocycles. The fraction of sp³-hybridized carbons (Fsp3) is 0.320. The zero-order valence-corrected chi connectivity index (χ0v) is 18.2. The number of benzene rings is 3. The van der Waals surface area contributed by atoms with E-state index in [1.165, 1.54) is 5.56 Å². The van der Waals surface area contributed by atoms with Crippen molar-refractivity contribution in [3.05, 3.63) is 71.2 Å². The number of amides is 1. The maximum absolute atomic E-state index is 13.2. The van der Waals surface area contributed by atoms with Crippen LogP contribution in [0.1, 0.15) is 18.9 Å². The molecule has 1 fully saturated rings. The Morgan fingerprint density at radius 1 is 1.03 bits per heavy atom. The minimum Gasteiger partial charge on any atom is -0.480 e. The van der Waals surface area contributed by atoms with E-state index in [0.717, 1.165) is 40.3 Å². The average molecular weight is 423 g/mol. The van der Waals surface area contributed by atoms with E-state index in [0.29, 0.717) is 19.5 Å². The highest BCUT2D eigenvalue weighted by atomic mass is 35.5. The number of nitrogens with zero attached hydrogens (tertiary/aromatic N) is 2. The predicted octanol–water partition coefficient (Wildman–Crippen LogP) is 5.31. The molecule has 3 aromatic rings. The number of anilines is 1. The second-order valence-electron chi connectivity index (χ2n) is 7.74. The molecule has 0 radical (unpaired) electrons. The molecular formula is C25H27ClN2O2. The van der Waals surface area contributed by atoms with Crippen LogP contribution in [0.5, 0.6) is 5.75 Å². The van der Waals surface area contributed by atoms with Gasteiger partial charge in [-0.3, -0.25) is 4.79 Å². The average Bonchev–Trinajstić information content (AvgIpc) is 2.79. The molecule has 1 amide bonds. The van der Waals surface area contributed by atoms with Gasteiger partial charge in [-0.25, -0.2) is 0 Å². The lowest BCUT2D eigenvalue weighted by molar-refractivity contribution is -0.139. The first-order valence-corrected chi connectivity index (χ1v) is 10.9. The molecule has 1 atom stereocenters. The van der Waals surface area contributed by atoms with Gasteiger partial charge >= 0.3 is 0 Å². The number of carbonyl (C=O) groups excluding carboxylic acids is 1. The second-order valence-corrected chi connectivity index (χ2v) is 8.17. The van der Waals surface area contributed by atoms with Gasteiger partial charge in [-0.15, -0.1) is 0 Å². The van der Waals surface area contributed by atoms with E-state index < -0.39 is 6.10 Å². The van der Waals surface area contributed by atoms with Crippen LogP contribution in [-0.4, -0.2) is 43.1 Å². The zero-order chi connectivity index (χ0) is 21.1. The molecule has 0 spiro atoms. The highest BCUT2D eigenvalue weighted by Crippen LogP contribution is 2.28. The van der Waals surface area contributed by atoms with Crippen molar-refractivity contribution < 1.29 is 9.53 Å². The van der Waals surface area contributed by atoms with Crippen molar-refractivity contribution in [3.8, 4) is 5.75 Å². The first kappa shape index (κ1) is 20.5. The molecule has 30 heavy (non-hydrogen) atoms. The van der Waals surface area contributed by atoms with Crippen LogP contribution >= 0.6 is 11.6 Å². The summed E-state index contributed by atoms with van der Waals surface area (Å²) in [6, 6.07) is 20.0. The molecule has 1 aliphatic rings. The molecule has 3 aromatic carbocycles. The number of halogens is 1. The Morgan fingerprint density at radius 2 is 1.77 bits per heavy atom. The molecule has 0 bridgehead atoms. The highest BCUT2D eigenvalue weighted by Gasteiger charge is 2.28. The van der Waals surface area contributed by atoms with Crippen LogP contribution in [-0.2, 0) is 4.79 Å². The highest BCUT2D eigenvalue weighted by molar-refractivity contribution is 6.30. The number of carbonyl (C=O) groups is 1. The van der Waals surface area contributed by atoms with Gasteiger partial charge in [0.05, 0.1) is 0 Å². The summed E-state index contributed by atoms with van der Waals surface area (Å²) < 4.78 is 6.22. The molecule has 0 saturated carbocycles. The van der Waals surface area contributed by atoms with E-state index in [9.17, 15) is 4.79 Å². The van der Waals surface area contributed by atoms with Crippen LogP contribution in [0.2, 0.25) is 5.02 Å². The Bertz CT molecular complexity index is 1040. The largest absolute Gasteiger partial charge is 0.480 e. The van der Waals surface area contributed by atoms with Crippen molar-refractivity contribution in [3.63, 3.8) is 0 Å². The van der Waals surface area contributed by atoms with Crippen molar-refractivity contribution in [1.82, 2.24) is 4.90 Å². The van der Waals surface area contributed by atoms with Gasteiger partial charge in [0, 0.05) is 42.3 Å². The molecule has 4 rings (SSSR count). The lowest BCUT2D eigenvalue weighted by Crippen LogP contribution is -2.52. The summed E-state index contributed by atoms with van der Waals surface area (Å²) in [4.78, 5) is 17.4. The van der Waals surface area contributed by atoms with Gasteiger partial charge in [0.25, 0.3) is 5.91 Å². The first-order chi connectivity index (χ1) is 14.6. The van der Waals surface area contributed by atoms with Crippen LogP contribution in [0.4, 0.5) is 5.69 Å². The minimum absolute atomic E-state index is 0.0629. The smallest absolute Gasteiger partial charge is 0.263 e. The van der Waals surface area contributed by atoms with Crippen LogP contribution in [0.3, 0.4) is 0 Å². The number of piperazine rings is 1. The van der Waals surface area contributed by atoms with E-state index in [4.69, 9.17) is 16.3 Å². The maximum atomic E-state index is 13.2. The molecule has 156 valence electrons. The monoisotopic (exact) mass is 422 g/mol. The van der Waals surface area contributed by atoms with Crippen molar-refractivity contribution in [2.24, 2.45) is 0 Å². The molecular weight excluding hydrogens is 396 g/mol. The number of hydrogen-bond acceptors (Lipinski definition) is 3. The topological polar surface area (TPSA) is 32.8 Å². The van der Waals surface area contributed by atoms with E-state index >= 15 is 0 Å². The maximum Gasteiger partial charge on any atom is 0.263 e. The standard InChI is InChI=1S/C25H27ClN2O2/c1-3-23(30-24-10-6-8-19-7-4-5-9-21(19)24)25(29)28-15-13-27(14-16-28)22-17-20(26)12-11-18(22)2/h4-12,17,23H,3,13-16H2,1-2H3/t23-/m0/s1. The number of fused-ring (bicyclic) bond motifs is 1. The summed E-state index contributed by atoms with van der Waals surface area (Å²) in [5, 5.41) is 2.89. The third kappa shape index (κ3) is 4.24. The van der Waals surface area contributed by atoms with Crippen molar-refractivity contribution in [2.75, 3.05) is 31.1 Å². The molecule has 1 heterocycles. The third-order valence-corrected chi connectivity index (χ3v) is 6.00. The van der Waals surface area contributed by atoms with Crippen LogP contribution in [0, 0.1) is 6.92 Å². The number of aryl methyl sites for hydroxylation is 1. The summed E-state index contributed by atoms with van der Waals surface area (Å²) in [5.41, 5.74) is 2.35. The van der Waals surface area contributed by atoms with Gasteiger partial charge in [0.1, 0.15) is 5.75 Å². The van der Waals surface area contributed by atoms with Crippen molar-refractivity contribution in [2.45, 2.75) is 26.4 Å². The number of hydrogen-bond donors (Lipinski definition) is 0. The van der Waals surface area contributed by atoms with Crippen molar-refractivity contribution in [1.29, 1.82) is 0 Å². The lowest BCUT2D eigenvalue weighted by atomic mass is 10.1. The summed E-state index contributed by atoms with van der Waals surface area (Å²) >= 11 is 6.19. The third-order valence-electron chi connectivity index (χ3n) is 5.77. The Balaban J connectivity index is 1.44. The quantitative estimate of drug-likeness (QED) is 0.558. The van der Waals surface area contributed by atoms with Crippen molar-refractivity contribution >= 4 is 34.0 Å². The van der Waals surface area contributed by atoms with Gasteiger partial charge in [0.2, 0.25) is 0 Å². The molecule has 1 aliphatic heterocycles. The van der Waals surface area contributed by atoms with Crippen LogP contribution in [0.15, 0.2) is 60.7 Å².